The maximum atomic E-state index is 12.4. The van der Waals surface area contributed by atoms with Crippen LogP contribution in [-0.4, -0.2) is 25.1 Å². The zero-order valence-corrected chi connectivity index (χ0v) is 15.2. The number of fused-ring (bicyclic) bond motifs is 1. The minimum absolute atomic E-state index is 0.0523. The average molecular weight is 371 g/mol. The molecule has 3 rings (SSSR count). The van der Waals surface area contributed by atoms with Gasteiger partial charge < -0.3 is 23.6 Å². The van der Waals surface area contributed by atoms with Crippen molar-refractivity contribution in [2.75, 3.05) is 13.2 Å². The second-order valence-corrected chi connectivity index (χ2v) is 5.92. The summed E-state index contributed by atoms with van der Waals surface area (Å²) in [5.41, 5.74) is 1.18. The predicted octanol–water partition coefficient (Wildman–Crippen LogP) is 3.60. The number of rotatable bonds is 8. The van der Waals surface area contributed by atoms with E-state index in [2.05, 4.69) is 5.32 Å². The summed E-state index contributed by atoms with van der Waals surface area (Å²) in [6, 6.07) is 10.4. The zero-order valence-electron chi connectivity index (χ0n) is 15.2. The van der Waals surface area contributed by atoms with E-state index < -0.39 is 18.5 Å². The molecule has 0 radical (unpaired) electrons. The van der Waals surface area contributed by atoms with Gasteiger partial charge in [0.05, 0.1) is 18.9 Å². The smallest absolute Gasteiger partial charge is 0.375 e. The summed E-state index contributed by atoms with van der Waals surface area (Å²) in [5.74, 6) is -0.473. The van der Waals surface area contributed by atoms with Crippen LogP contribution in [-0.2, 0) is 20.9 Å². The van der Waals surface area contributed by atoms with Crippen LogP contribution in [0.25, 0.3) is 11.0 Å². The van der Waals surface area contributed by atoms with Gasteiger partial charge in [-0.2, -0.15) is 0 Å². The molecular formula is C20H21NO6. The summed E-state index contributed by atoms with van der Waals surface area (Å²) in [5, 5.41) is 3.49. The normalized spacial score (nSPS) is 12.1. The average Bonchev–Trinajstić information content (AvgIpc) is 3.32. The van der Waals surface area contributed by atoms with E-state index in [-0.39, 0.29) is 18.4 Å². The molecule has 27 heavy (non-hydrogen) atoms. The number of ether oxygens (including phenoxy) is 2. The highest BCUT2D eigenvalue weighted by Crippen LogP contribution is 2.27. The Labute approximate surface area is 156 Å². The fraction of sp³-hybridized carbons (Fsp3) is 0.300. The Balaban J connectivity index is 1.66. The molecule has 1 atom stereocenters. The molecule has 0 bridgehead atoms. The van der Waals surface area contributed by atoms with Crippen molar-refractivity contribution in [1.82, 2.24) is 5.32 Å². The Bertz CT molecular complexity index is 912. The van der Waals surface area contributed by atoms with E-state index in [9.17, 15) is 9.59 Å². The lowest BCUT2D eigenvalue weighted by atomic mass is 10.1. The molecule has 0 saturated carbocycles. The third-order valence-electron chi connectivity index (χ3n) is 4.02. The number of hydrogen-bond acceptors (Lipinski definition) is 6. The highest BCUT2D eigenvalue weighted by molar-refractivity contribution is 5.96. The molecule has 0 aliphatic heterocycles. The van der Waals surface area contributed by atoms with Crippen molar-refractivity contribution >= 4 is 22.8 Å². The van der Waals surface area contributed by atoms with Gasteiger partial charge in [0, 0.05) is 17.6 Å². The van der Waals surface area contributed by atoms with Crippen molar-refractivity contribution < 1.29 is 27.9 Å². The highest BCUT2D eigenvalue weighted by Gasteiger charge is 2.23. The van der Waals surface area contributed by atoms with Crippen molar-refractivity contribution in [3.05, 3.63) is 59.7 Å². The number of esters is 1. The number of nitrogens with one attached hydrogen (secondary N) is 1. The molecule has 0 unspecified atom stereocenters. The van der Waals surface area contributed by atoms with Gasteiger partial charge in [0.25, 0.3) is 5.91 Å². The van der Waals surface area contributed by atoms with Gasteiger partial charge in [0.1, 0.15) is 11.3 Å². The maximum absolute atomic E-state index is 12.4. The van der Waals surface area contributed by atoms with Gasteiger partial charge in [0.2, 0.25) is 5.76 Å². The van der Waals surface area contributed by atoms with Crippen molar-refractivity contribution in [3.8, 4) is 0 Å². The van der Waals surface area contributed by atoms with E-state index in [4.69, 9.17) is 18.3 Å². The quantitative estimate of drug-likeness (QED) is 0.609. The van der Waals surface area contributed by atoms with E-state index >= 15 is 0 Å². The third-order valence-corrected chi connectivity index (χ3v) is 4.02. The molecule has 0 fully saturated rings. The minimum Gasteiger partial charge on any atom is -0.467 e. The summed E-state index contributed by atoms with van der Waals surface area (Å²) < 4.78 is 21.4. The van der Waals surface area contributed by atoms with Gasteiger partial charge >= 0.3 is 5.97 Å². The summed E-state index contributed by atoms with van der Waals surface area (Å²) in [4.78, 5) is 24.5. The van der Waals surface area contributed by atoms with Crippen molar-refractivity contribution in [1.29, 1.82) is 0 Å². The Kier molecular flexibility index (Phi) is 5.93. The minimum atomic E-state index is -0.707. The molecule has 0 aliphatic rings. The van der Waals surface area contributed by atoms with E-state index in [1.807, 2.05) is 25.1 Å². The van der Waals surface area contributed by atoms with E-state index in [1.54, 1.807) is 25.1 Å². The van der Waals surface area contributed by atoms with Gasteiger partial charge in [0.15, 0.2) is 6.61 Å². The molecule has 142 valence electrons. The Morgan fingerprint density at radius 3 is 2.74 bits per heavy atom. The molecule has 2 aromatic heterocycles. The molecule has 0 saturated heterocycles. The van der Waals surface area contributed by atoms with Crippen LogP contribution in [0.15, 0.2) is 51.5 Å². The van der Waals surface area contributed by atoms with Crippen LogP contribution in [0.5, 0.6) is 0 Å². The van der Waals surface area contributed by atoms with Crippen molar-refractivity contribution in [2.24, 2.45) is 0 Å². The largest absolute Gasteiger partial charge is 0.467 e. The Morgan fingerprint density at radius 1 is 1.19 bits per heavy atom. The third kappa shape index (κ3) is 4.38. The van der Waals surface area contributed by atoms with Crippen LogP contribution in [0.2, 0.25) is 0 Å². The Morgan fingerprint density at radius 2 is 2.00 bits per heavy atom. The zero-order chi connectivity index (χ0) is 19.2. The van der Waals surface area contributed by atoms with Crippen LogP contribution in [0.3, 0.4) is 0 Å². The van der Waals surface area contributed by atoms with Crippen molar-refractivity contribution in [2.45, 2.75) is 26.5 Å². The first-order valence-corrected chi connectivity index (χ1v) is 8.68. The number of amides is 1. The summed E-state index contributed by atoms with van der Waals surface area (Å²) in [6.07, 6.45) is 1.53. The van der Waals surface area contributed by atoms with E-state index in [0.717, 1.165) is 5.39 Å². The van der Waals surface area contributed by atoms with Gasteiger partial charge in [-0.15, -0.1) is 0 Å². The molecular weight excluding hydrogens is 350 g/mol. The first-order valence-electron chi connectivity index (χ1n) is 8.68. The van der Waals surface area contributed by atoms with Crippen LogP contribution in [0.4, 0.5) is 0 Å². The highest BCUT2D eigenvalue weighted by atomic mass is 16.5. The van der Waals surface area contributed by atoms with E-state index in [0.29, 0.717) is 23.5 Å². The SMILES string of the molecule is CCOCc1c(C(=O)OCC(=O)N[C@@H](C)c2ccco2)oc2ccccc12. The topological polar surface area (TPSA) is 90.9 Å². The summed E-state index contributed by atoms with van der Waals surface area (Å²) >= 11 is 0. The molecule has 0 spiro atoms. The molecule has 0 aliphatic carbocycles. The summed E-state index contributed by atoms with van der Waals surface area (Å²) in [7, 11) is 0. The molecule has 1 aromatic carbocycles. The van der Waals surface area contributed by atoms with Crippen LogP contribution >= 0.6 is 0 Å². The lowest BCUT2D eigenvalue weighted by molar-refractivity contribution is -0.125. The monoisotopic (exact) mass is 371 g/mol. The van der Waals surface area contributed by atoms with Gasteiger partial charge in [-0.1, -0.05) is 18.2 Å². The van der Waals surface area contributed by atoms with Crippen LogP contribution < -0.4 is 5.32 Å². The Hall–Kier alpha value is -3.06. The maximum Gasteiger partial charge on any atom is 0.375 e. The second-order valence-electron chi connectivity index (χ2n) is 5.92. The van der Waals surface area contributed by atoms with Gasteiger partial charge in [-0.05, 0) is 32.0 Å². The number of benzene rings is 1. The van der Waals surface area contributed by atoms with Gasteiger partial charge in [-0.25, -0.2) is 4.79 Å². The fourth-order valence-corrected chi connectivity index (χ4v) is 2.70. The molecule has 7 heteroatoms. The lowest BCUT2D eigenvalue weighted by Crippen LogP contribution is -2.31. The number of furan rings is 2. The van der Waals surface area contributed by atoms with Crippen molar-refractivity contribution in [3.63, 3.8) is 0 Å². The number of hydrogen-bond donors (Lipinski definition) is 1. The number of carbonyl (C=O) groups excluding carboxylic acids is 2. The molecule has 1 N–H and O–H groups in total. The predicted molar refractivity (Wildman–Crippen MR) is 97.1 cm³/mol. The van der Waals surface area contributed by atoms with Gasteiger partial charge in [-0.3, -0.25) is 4.79 Å². The van der Waals surface area contributed by atoms with E-state index in [1.165, 1.54) is 6.26 Å². The summed E-state index contributed by atoms with van der Waals surface area (Å²) in [6.45, 7) is 3.94. The lowest BCUT2D eigenvalue weighted by Gasteiger charge is -2.11. The number of carbonyl (C=O) groups is 2. The first-order chi connectivity index (χ1) is 13.1. The molecule has 3 aromatic rings. The standard InChI is InChI=1S/C20H21NO6/c1-3-24-11-15-14-7-4-5-8-17(14)27-19(15)20(23)26-12-18(22)21-13(2)16-9-6-10-25-16/h4-10,13H,3,11-12H2,1-2H3,(H,21,22)/t13-/m0/s1. The molecule has 7 nitrogen and oxygen atoms in total. The molecule has 1 amide bonds. The van der Waals surface area contributed by atoms with Crippen LogP contribution in [0.1, 0.15) is 41.8 Å². The van der Waals surface area contributed by atoms with Crippen LogP contribution in [0, 0.1) is 0 Å². The second kappa shape index (κ2) is 8.55. The first kappa shape index (κ1) is 18.7. The molecule has 2 heterocycles. The fourth-order valence-electron chi connectivity index (χ4n) is 2.70. The number of para-hydroxylation sites is 1.